The number of fused-ring (bicyclic) bond motifs is 1. The highest BCUT2D eigenvalue weighted by molar-refractivity contribution is 8.06. The molecule has 0 saturated carbocycles. The van der Waals surface area contributed by atoms with Gasteiger partial charge in [0.1, 0.15) is 17.1 Å². The molecule has 2 heterocycles. The Labute approximate surface area is 120 Å². The summed E-state index contributed by atoms with van der Waals surface area (Å²) in [6.45, 7) is 2.04. The third kappa shape index (κ3) is 2.49. The lowest BCUT2D eigenvalue weighted by Gasteiger charge is -2.47. The number of rotatable bonds is 4. The van der Waals surface area contributed by atoms with Gasteiger partial charge in [-0.1, -0.05) is 6.92 Å². The first kappa shape index (κ1) is 15.7. The number of hydrogen-bond acceptors (Lipinski definition) is 5. The standard InChI is InChI=1S/C10H14N2O3S2.ClH/c1-2-3-16-5-4-17-9-6(11)8(13)12(9)7(5)10(14)15;/h6,9H,2-4,11H2,1H3,(H,14,15);1H/t6?,9-;/m0./s1. The van der Waals surface area contributed by atoms with Crippen molar-refractivity contribution in [2.24, 2.45) is 5.73 Å². The van der Waals surface area contributed by atoms with E-state index in [9.17, 15) is 14.7 Å². The Bertz CT molecular complexity index is 403. The van der Waals surface area contributed by atoms with Crippen LogP contribution in [0.25, 0.3) is 0 Å². The molecule has 102 valence electrons. The molecule has 2 rings (SSSR count). The molecule has 2 atom stereocenters. The summed E-state index contributed by atoms with van der Waals surface area (Å²) in [7, 11) is 0. The molecule has 5 nitrogen and oxygen atoms in total. The van der Waals surface area contributed by atoms with Crippen LogP contribution in [0.4, 0.5) is 0 Å². The van der Waals surface area contributed by atoms with Gasteiger partial charge in [-0.05, 0) is 12.2 Å². The van der Waals surface area contributed by atoms with E-state index in [4.69, 9.17) is 5.73 Å². The number of β-lactam (4-membered cyclic amide) rings is 1. The van der Waals surface area contributed by atoms with E-state index in [0.717, 1.165) is 17.1 Å². The highest BCUT2D eigenvalue weighted by atomic mass is 35.5. The summed E-state index contributed by atoms with van der Waals surface area (Å²) in [6.07, 6.45) is 0.975. The van der Waals surface area contributed by atoms with Crippen LogP contribution in [0, 0.1) is 0 Å². The van der Waals surface area contributed by atoms with Crippen LogP contribution in [-0.4, -0.2) is 44.8 Å². The summed E-state index contributed by atoms with van der Waals surface area (Å²) in [4.78, 5) is 25.0. The van der Waals surface area contributed by atoms with Crippen molar-refractivity contribution in [2.75, 3.05) is 11.5 Å². The summed E-state index contributed by atoms with van der Waals surface area (Å²) in [5, 5.41) is 9.02. The summed E-state index contributed by atoms with van der Waals surface area (Å²) < 4.78 is 0. The van der Waals surface area contributed by atoms with Crippen molar-refractivity contribution in [3.63, 3.8) is 0 Å². The number of nitrogens with two attached hydrogens (primary N) is 1. The van der Waals surface area contributed by atoms with Gasteiger partial charge in [-0.2, -0.15) is 0 Å². The van der Waals surface area contributed by atoms with Gasteiger partial charge in [0.15, 0.2) is 0 Å². The van der Waals surface area contributed by atoms with Gasteiger partial charge in [0.05, 0.1) is 0 Å². The fraction of sp³-hybridized carbons (Fsp3) is 0.600. The van der Waals surface area contributed by atoms with Crippen molar-refractivity contribution < 1.29 is 14.7 Å². The van der Waals surface area contributed by atoms with Crippen molar-refractivity contribution in [1.29, 1.82) is 0 Å². The number of hydrogen-bond donors (Lipinski definition) is 2. The maximum Gasteiger partial charge on any atom is 0.353 e. The molecule has 0 aromatic heterocycles. The first-order chi connectivity index (χ1) is 8.07. The number of carbonyl (C=O) groups excluding carboxylic acids is 1. The molecule has 0 spiro atoms. The molecule has 18 heavy (non-hydrogen) atoms. The number of nitrogens with zero attached hydrogens (tertiary/aromatic N) is 1. The Morgan fingerprint density at radius 2 is 2.33 bits per heavy atom. The average molecular weight is 311 g/mol. The normalized spacial score (nSPS) is 26.3. The van der Waals surface area contributed by atoms with Gasteiger partial charge in [0, 0.05) is 10.7 Å². The molecule has 1 fully saturated rings. The van der Waals surface area contributed by atoms with E-state index in [1.807, 2.05) is 6.92 Å². The molecule has 0 aromatic rings. The van der Waals surface area contributed by atoms with Crippen LogP contribution in [0.15, 0.2) is 10.6 Å². The largest absolute Gasteiger partial charge is 0.477 e. The summed E-state index contributed by atoms with van der Waals surface area (Å²) in [6, 6.07) is -0.549. The quantitative estimate of drug-likeness (QED) is 0.756. The number of halogens is 1. The molecule has 0 aromatic carbocycles. The molecule has 8 heteroatoms. The molecule has 3 N–H and O–H groups in total. The number of aliphatic carboxylic acids is 1. The van der Waals surface area contributed by atoms with Crippen LogP contribution in [-0.2, 0) is 9.59 Å². The first-order valence-electron chi connectivity index (χ1n) is 5.37. The first-order valence-corrected chi connectivity index (χ1v) is 7.40. The van der Waals surface area contributed by atoms with E-state index in [1.54, 1.807) is 11.8 Å². The number of carboxylic acids is 1. The van der Waals surface area contributed by atoms with Crippen molar-refractivity contribution >= 4 is 47.8 Å². The van der Waals surface area contributed by atoms with Crippen LogP contribution in [0.3, 0.4) is 0 Å². The van der Waals surface area contributed by atoms with E-state index >= 15 is 0 Å². The fourth-order valence-corrected chi connectivity index (χ4v) is 4.27. The smallest absolute Gasteiger partial charge is 0.353 e. The maximum atomic E-state index is 11.6. The molecule has 0 radical (unpaired) electrons. The third-order valence-corrected chi connectivity index (χ3v) is 5.44. The molecule has 1 unspecified atom stereocenters. The van der Waals surface area contributed by atoms with Gasteiger partial charge >= 0.3 is 5.97 Å². The number of carboxylic acid groups (broad SMARTS) is 1. The molecule has 0 bridgehead atoms. The zero-order valence-corrected chi connectivity index (χ0v) is 12.2. The van der Waals surface area contributed by atoms with Gasteiger partial charge in [-0.3, -0.25) is 9.69 Å². The average Bonchev–Trinajstić information content (AvgIpc) is 2.33. The van der Waals surface area contributed by atoms with Crippen molar-refractivity contribution in [3.8, 4) is 0 Å². The van der Waals surface area contributed by atoms with Crippen LogP contribution >= 0.6 is 35.9 Å². The van der Waals surface area contributed by atoms with Gasteiger partial charge in [0.25, 0.3) is 0 Å². The zero-order chi connectivity index (χ0) is 12.6. The minimum Gasteiger partial charge on any atom is -0.477 e. The molecule has 0 aliphatic carbocycles. The monoisotopic (exact) mass is 310 g/mol. The Morgan fingerprint density at radius 1 is 1.67 bits per heavy atom. The lowest BCUT2D eigenvalue weighted by molar-refractivity contribution is -0.147. The van der Waals surface area contributed by atoms with Crippen LogP contribution in [0.2, 0.25) is 0 Å². The van der Waals surface area contributed by atoms with Crippen molar-refractivity contribution in [1.82, 2.24) is 4.90 Å². The topological polar surface area (TPSA) is 83.6 Å². The highest BCUT2D eigenvalue weighted by Crippen LogP contribution is 2.42. The predicted octanol–water partition coefficient (Wildman–Crippen LogP) is 1.09. The van der Waals surface area contributed by atoms with E-state index in [0.29, 0.717) is 5.75 Å². The molecule has 2 aliphatic rings. The molecular formula is C10H15ClN2O3S2. The van der Waals surface area contributed by atoms with Crippen LogP contribution < -0.4 is 5.73 Å². The predicted molar refractivity (Wildman–Crippen MR) is 75.7 cm³/mol. The summed E-state index contributed by atoms with van der Waals surface area (Å²) in [5.41, 5.74) is 5.79. The fourth-order valence-electron chi connectivity index (χ4n) is 1.82. The second kappa shape index (κ2) is 6.18. The minimum absolute atomic E-state index is 0. The zero-order valence-electron chi connectivity index (χ0n) is 9.79. The third-order valence-electron chi connectivity index (χ3n) is 2.66. The van der Waals surface area contributed by atoms with Gasteiger partial charge in [0.2, 0.25) is 5.91 Å². The Kier molecular flexibility index (Phi) is 5.39. The second-order valence-corrected chi connectivity index (χ2v) is 6.16. The van der Waals surface area contributed by atoms with Gasteiger partial charge in [-0.15, -0.1) is 35.9 Å². The molecular weight excluding hydrogens is 296 g/mol. The summed E-state index contributed by atoms with van der Waals surface area (Å²) >= 11 is 3.06. The lowest BCUT2D eigenvalue weighted by atomic mass is 10.1. The van der Waals surface area contributed by atoms with Crippen LogP contribution in [0.1, 0.15) is 13.3 Å². The van der Waals surface area contributed by atoms with Gasteiger partial charge < -0.3 is 10.8 Å². The Balaban J connectivity index is 0.00000162. The highest BCUT2D eigenvalue weighted by Gasteiger charge is 2.51. The maximum absolute atomic E-state index is 11.6. The minimum atomic E-state index is -1.03. The SMILES string of the molecule is CCCSC1=C(C(=O)O)N2C(=O)C(N)[C@@H]2SC1.Cl. The molecule has 1 amide bonds. The number of thioether (sulfide) groups is 2. The molecule has 1 saturated heterocycles. The lowest BCUT2D eigenvalue weighted by Crippen LogP contribution is -2.68. The van der Waals surface area contributed by atoms with Crippen LogP contribution in [0.5, 0.6) is 0 Å². The van der Waals surface area contributed by atoms with Crippen molar-refractivity contribution in [2.45, 2.75) is 24.8 Å². The number of carbonyl (C=O) groups is 2. The van der Waals surface area contributed by atoms with Gasteiger partial charge in [-0.25, -0.2) is 4.79 Å². The summed E-state index contributed by atoms with van der Waals surface area (Å²) in [5.74, 6) is 0.184. The van der Waals surface area contributed by atoms with E-state index < -0.39 is 12.0 Å². The number of amides is 1. The Hall–Kier alpha value is -0.370. The van der Waals surface area contributed by atoms with E-state index in [2.05, 4.69) is 0 Å². The molecule has 2 aliphatic heterocycles. The van der Waals surface area contributed by atoms with E-state index in [1.165, 1.54) is 16.7 Å². The Morgan fingerprint density at radius 3 is 2.89 bits per heavy atom. The van der Waals surface area contributed by atoms with E-state index in [-0.39, 0.29) is 29.4 Å². The van der Waals surface area contributed by atoms with Crippen molar-refractivity contribution in [3.05, 3.63) is 10.6 Å². The second-order valence-electron chi connectivity index (χ2n) is 3.86.